The summed E-state index contributed by atoms with van der Waals surface area (Å²) in [7, 11) is 1.62. The van der Waals surface area contributed by atoms with Gasteiger partial charge in [0.25, 0.3) is 0 Å². The lowest BCUT2D eigenvalue weighted by molar-refractivity contribution is -0.118. The second kappa shape index (κ2) is 6.78. The molecule has 1 fully saturated rings. The third kappa shape index (κ3) is 3.40. The summed E-state index contributed by atoms with van der Waals surface area (Å²) in [5, 5.41) is 3.18. The maximum absolute atomic E-state index is 12.2. The van der Waals surface area contributed by atoms with E-state index in [-0.39, 0.29) is 11.8 Å². The van der Waals surface area contributed by atoms with Crippen LogP contribution in [0.5, 0.6) is 5.75 Å². The van der Waals surface area contributed by atoms with Crippen LogP contribution >= 0.6 is 0 Å². The monoisotopic (exact) mass is 270 g/mol. The van der Waals surface area contributed by atoms with Crippen LogP contribution in [0.25, 0.3) is 6.08 Å². The van der Waals surface area contributed by atoms with E-state index in [0.29, 0.717) is 13.1 Å². The number of ketones is 1. The molecule has 1 saturated heterocycles. The Labute approximate surface area is 119 Å². The molecular weight excluding hydrogens is 252 g/mol. The molecular formula is C16H18N2O2. The van der Waals surface area contributed by atoms with Crippen molar-refractivity contribution in [2.75, 3.05) is 26.7 Å². The van der Waals surface area contributed by atoms with Gasteiger partial charge in [-0.15, -0.1) is 0 Å². The molecule has 1 aromatic rings. The first-order valence-electron chi connectivity index (χ1n) is 6.54. The van der Waals surface area contributed by atoms with Gasteiger partial charge in [-0.2, -0.15) is 0 Å². The van der Waals surface area contributed by atoms with Crippen LogP contribution in [0.15, 0.2) is 30.3 Å². The minimum absolute atomic E-state index is 0.0194. The quantitative estimate of drug-likeness (QED) is 0.658. The molecule has 4 nitrogen and oxygen atoms in total. The predicted molar refractivity (Wildman–Crippen MR) is 79.2 cm³/mol. The van der Waals surface area contributed by atoms with Crippen LogP contribution < -0.4 is 10.1 Å². The number of hydrogen-bond acceptors (Lipinski definition) is 4. The van der Waals surface area contributed by atoms with Crippen LogP contribution in [0.4, 0.5) is 0 Å². The highest BCUT2D eigenvalue weighted by Gasteiger charge is 2.24. The lowest BCUT2D eigenvalue weighted by atomic mass is 10.1. The molecule has 0 spiro atoms. The second-order valence-electron chi connectivity index (χ2n) is 4.55. The van der Waals surface area contributed by atoms with E-state index >= 15 is 0 Å². The van der Waals surface area contributed by atoms with Crippen LogP contribution in [-0.2, 0) is 4.79 Å². The Morgan fingerprint density at radius 3 is 2.90 bits per heavy atom. The standard InChI is InChI=1S/C16H18N2O2/c1-3-18-11-10-17-12-15(18)16(19)9-6-13-4-7-14(20-2)8-5-13/h1,4-9,15,17H,10-12H2,2H3. The highest BCUT2D eigenvalue weighted by Crippen LogP contribution is 2.13. The van der Waals surface area contributed by atoms with E-state index in [1.807, 2.05) is 24.3 Å². The fourth-order valence-corrected chi connectivity index (χ4v) is 2.12. The molecule has 1 aliphatic heterocycles. The summed E-state index contributed by atoms with van der Waals surface area (Å²) in [5.74, 6) is 0.814. The van der Waals surface area contributed by atoms with Gasteiger partial charge in [-0.05, 0) is 23.8 Å². The third-order valence-corrected chi connectivity index (χ3v) is 3.29. The zero-order valence-electron chi connectivity index (χ0n) is 11.5. The van der Waals surface area contributed by atoms with Gasteiger partial charge < -0.3 is 15.0 Å². The van der Waals surface area contributed by atoms with Crippen molar-refractivity contribution in [3.05, 3.63) is 35.9 Å². The van der Waals surface area contributed by atoms with Gasteiger partial charge in [0.2, 0.25) is 0 Å². The second-order valence-corrected chi connectivity index (χ2v) is 4.55. The van der Waals surface area contributed by atoms with Crippen molar-refractivity contribution in [2.24, 2.45) is 0 Å². The molecule has 104 valence electrons. The van der Waals surface area contributed by atoms with E-state index in [9.17, 15) is 4.79 Å². The minimum Gasteiger partial charge on any atom is -0.497 e. The van der Waals surface area contributed by atoms with E-state index in [2.05, 4.69) is 11.4 Å². The summed E-state index contributed by atoms with van der Waals surface area (Å²) in [6, 6.07) is 9.82. The first kappa shape index (κ1) is 14.2. The lowest BCUT2D eigenvalue weighted by Crippen LogP contribution is -2.52. The van der Waals surface area contributed by atoms with Crippen LogP contribution in [-0.4, -0.2) is 43.5 Å². The number of methoxy groups -OCH3 is 1. The number of ether oxygens (including phenoxy) is 1. The Morgan fingerprint density at radius 1 is 1.50 bits per heavy atom. The van der Waals surface area contributed by atoms with Crippen molar-refractivity contribution < 1.29 is 9.53 Å². The van der Waals surface area contributed by atoms with Gasteiger partial charge in [0.1, 0.15) is 11.8 Å². The number of nitrogens with one attached hydrogen (secondary N) is 1. The van der Waals surface area contributed by atoms with Crippen molar-refractivity contribution in [3.63, 3.8) is 0 Å². The van der Waals surface area contributed by atoms with Crippen LogP contribution in [0.3, 0.4) is 0 Å². The van der Waals surface area contributed by atoms with Crippen molar-refractivity contribution in [2.45, 2.75) is 6.04 Å². The van der Waals surface area contributed by atoms with Crippen LogP contribution in [0, 0.1) is 12.5 Å². The molecule has 2 rings (SSSR count). The summed E-state index contributed by atoms with van der Waals surface area (Å²) in [6.45, 7) is 2.11. The van der Waals surface area contributed by atoms with Crippen LogP contribution in [0.2, 0.25) is 0 Å². The van der Waals surface area contributed by atoms with Gasteiger partial charge in [0.05, 0.1) is 7.11 Å². The molecule has 1 aliphatic rings. The Bertz CT molecular complexity index is 528. The van der Waals surface area contributed by atoms with Crippen molar-refractivity contribution in [1.29, 1.82) is 0 Å². The molecule has 0 aromatic heterocycles. The fourth-order valence-electron chi connectivity index (χ4n) is 2.12. The largest absolute Gasteiger partial charge is 0.497 e. The molecule has 20 heavy (non-hydrogen) atoms. The molecule has 1 N–H and O–H groups in total. The van der Waals surface area contributed by atoms with E-state index in [0.717, 1.165) is 17.9 Å². The normalized spacial score (nSPS) is 18.8. The number of carbonyl (C=O) groups is 1. The van der Waals surface area contributed by atoms with Crippen molar-refractivity contribution >= 4 is 11.9 Å². The van der Waals surface area contributed by atoms with Gasteiger partial charge >= 0.3 is 0 Å². The number of nitrogens with zero attached hydrogens (tertiary/aromatic N) is 1. The minimum atomic E-state index is -0.275. The van der Waals surface area contributed by atoms with Gasteiger partial charge in [-0.25, -0.2) is 0 Å². The molecule has 0 radical (unpaired) electrons. The van der Waals surface area contributed by atoms with Crippen molar-refractivity contribution in [3.8, 4) is 18.2 Å². The molecule has 1 aromatic carbocycles. The number of hydrogen-bond donors (Lipinski definition) is 1. The molecule has 0 saturated carbocycles. The Balaban J connectivity index is 2.02. The average molecular weight is 270 g/mol. The van der Waals surface area contributed by atoms with Crippen molar-refractivity contribution in [1.82, 2.24) is 10.2 Å². The predicted octanol–water partition coefficient (Wildman–Crippen LogP) is 1.14. The molecule has 1 unspecified atom stereocenters. The molecule has 0 amide bonds. The maximum Gasteiger partial charge on any atom is 0.180 e. The van der Waals surface area contributed by atoms with Gasteiger partial charge in [-0.3, -0.25) is 4.79 Å². The summed E-state index contributed by atoms with van der Waals surface area (Å²) in [6.07, 6.45) is 8.81. The smallest absolute Gasteiger partial charge is 0.180 e. The fraction of sp³-hybridized carbons (Fsp3) is 0.312. The summed E-state index contributed by atoms with van der Waals surface area (Å²) >= 11 is 0. The van der Waals surface area contributed by atoms with E-state index in [4.69, 9.17) is 11.2 Å². The molecule has 0 bridgehead atoms. The Hall–Kier alpha value is -2.25. The molecule has 0 aliphatic carbocycles. The lowest BCUT2D eigenvalue weighted by Gasteiger charge is -2.31. The molecule has 1 atom stereocenters. The summed E-state index contributed by atoms with van der Waals surface area (Å²) in [4.78, 5) is 13.9. The average Bonchev–Trinajstić information content (AvgIpc) is 2.53. The zero-order valence-corrected chi connectivity index (χ0v) is 11.5. The number of benzene rings is 1. The first-order chi connectivity index (χ1) is 9.74. The van der Waals surface area contributed by atoms with Gasteiger partial charge in [-0.1, -0.05) is 24.6 Å². The summed E-state index contributed by atoms with van der Waals surface area (Å²) in [5.41, 5.74) is 0.954. The number of terminal acetylenes is 1. The van der Waals surface area contributed by atoms with E-state index in [1.165, 1.54) is 0 Å². The van der Waals surface area contributed by atoms with E-state index < -0.39 is 0 Å². The van der Waals surface area contributed by atoms with Gasteiger partial charge in [0, 0.05) is 25.7 Å². The Kier molecular flexibility index (Phi) is 4.80. The van der Waals surface area contributed by atoms with E-state index in [1.54, 1.807) is 24.2 Å². The van der Waals surface area contributed by atoms with Gasteiger partial charge in [0.15, 0.2) is 5.78 Å². The first-order valence-corrected chi connectivity index (χ1v) is 6.54. The SMILES string of the molecule is C#CN1CCNCC1C(=O)C=Cc1ccc(OC)cc1. The number of carbonyl (C=O) groups excluding carboxylic acids is 1. The molecule has 4 heteroatoms. The Morgan fingerprint density at radius 2 is 2.25 bits per heavy atom. The highest BCUT2D eigenvalue weighted by molar-refractivity contribution is 5.98. The maximum atomic E-state index is 12.2. The van der Waals surface area contributed by atoms with Crippen LogP contribution in [0.1, 0.15) is 5.56 Å². The number of piperazine rings is 1. The third-order valence-electron chi connectivity index (χ3n) is 3.29. The number of rotatable bonds is 4. The molecule has 1 heterocycles. The summed E-state index contributed by atoms with van der Waals surface area (Å²) < 4.78 is 5.09. The topological polar surface area (TPSA) is 41.6 Å². The zero-order chi connectivity index (χ0) is 14.4. The highest BCUT2D eigenvalue weighted by atomic mass is 16.5.